The van der Waals surface area contributed by atoms with Gasteiger partial charge in [0.1, 0.15) is 0 Å². The summed E-state index contributed by atoms with van der Waals surface area (Å²) in [7, 11) is 0. The van der Waals surface area contributed by atoms with E-state index >= 15 is 35.1 Å². The molecule has 6 nitrogen and oxygen atoms in total. The predicted octanol–water partition coefficient (Wildman–Crippen LogP) is 22.2. The second kappa shape index (κ2) is 23.2. The molecule has 0 aliphatic rings. The molecule has 0 aliphatic heterocycles. The number of pyridine rings is 4. The van der Waals surface area contributed by atoms with Gasteiger partial charge in [0.25, 0.3) is 0 Å². The minimum absolute atomic E-state index is 0.217. The lowest BCUT2D eigenvalue weighted by atomic mass is 9.96. The molecule has 14 heteroatoms. The molecule has 0 bridgehead atoms. The highest BCUT2D eigenvalue weighted by Crippen LogP contribution is 2.49. The number of aromatic nitrogens is 6. The Hall–Kier alpha value is -12.2. The van der Waals surface area contributed by atoms with Gasteiger partial charge in [0.2, 0.25) is 5.82 Å². The molecule has 0 unspecified atom stereocenters. The molecule has 16 aromatic rings. The van der Waals surface area contributed by atoms with E-state index in [2.05, 4.69) is 0 Å². The first-order chi connectivity index (χ1) is 46.4. The van der Waals surface area contributed by atoms with Gasteiger partial charge in [-0.25, -0.2) is 22.0 Å². The first-order valence-corrected chi connectivity index (χ1v) is 30.4. The fourth-order valence-electron chi connectivity index (χ4n) is 13.3. The summed E-state index contributed by atoms with van der Waals surface area (Å²) in [5, 5.41) is 1.86. The van der Waals surface area contributed by atoms with Crippen molar-refractivity contribution in [3.05, 3.63) is 314 Å². The largest absolute Gasteiger partial charge is 0.418 e. The van der Waals surface area contributed by atoms with Crippen molar-refractivity contribution in [3.8, 4) is 112 Å². The summed E-state index contributed by atoms with van der Waals surface area (Å²) in [6.45, 7) is 0. The highest BCUT2D eigenvalue weighted by molar-refractivity contribution is 6.14. The summed E-state index contributed by atoms with van der Waals surface area (Å²) in [5.41, 5.74) is 7.51. The summed E-state index contributed by atoms with van der Waals surface area (Å²) in [5.74, 6) is -11.5. The van der Waals surface area contributed by atoms with Gasteiger partial charge >= 0.3 is 6.18 Å². The maximum atomic E-state index is 17.2. The third-order valence-electron chi connectivity index (χ3n) is 17.6. The van der Waals surface area contributed by atoms with Gasteiger partial charge in [-0.2, -0.15) is 13.2 Å². The number of hydrogen-bond donors (Lipinski definition) is 0. The molecule has 95 heavy (non-hydrogen) atoms. The van der Waals surface area contributed by atoms with Crippen LogP contribution in [-0.4, -0.2) is 29.1 Å². The SMILES string of the molecule is Fc1c(F)c(F)c(-c2cc(-n3c4ccc(-c5cccnc5-c5ccccc5)cc4c4cc(-c5cccnc5-c5ccccc5)ccc43)c(C(F)(F)F)cc2-n2c3ccc(-c4cccnc4-c4ccccc4)cc3c3cc(-c4cccnc4-c4ccccc4)ccc32)c(F)c1F. The lowest BCUT2D eigenvalue weighted by Gasteiger charge is -2.23. The van der Waals surface area contributed by atoms with Crippen molar-refractivity contribution in [1.29, 1.82) is 0 Å². The third kappa shape index (κ3) is 9.88. The van der Waals surface area contributed by atoms with E-state index < -0.39 is 63.3 Å². The van der Waals surface area contributed by atoms with E-state index in [0.29, 0.717) is 88.8 Å². The van der Waals surface area contributed by atoms with Gasteiger partial charge in [0, 0.05) is 96.4 Å². The topological polar surface area (TPSA) is 61.4 Å². The Morgan fingerprint density at radius 3 is 0.832 bits per heavy atom. The number of alkyl halides is 3. The summed E-state index contributed by atoms with van der Waals surface area (Å²) in [6.07, 6.45) is 1.43. The Morgan fingerprint density at radius 1 is 0.253 bits per heavy atom. The first kappa shape index (κ1) is 58.0. The Balaban J connectivity index is 1.00. The van der Waals surface area contributed by atoms with Gasteiger partial charge < -0.3 is 9.13 Å². The van der Waals surface area contributed by atoms with Crippen LogP contribution in [0, 0.1) is 29.1 Å². The quantitative estimate of drug-likeness (QED) is 0.0735. The Bertz CT molecular complexity index is 5410. The molecule has 0 fully saturated rings. The summed E-state index contributed by atoms with van der Waals surface area (Å²) in [4.78, 5) is 19.1. The normalized spacial score (nSPS) is 11.8. The number of nitrogens with zero attached hydrogens (tertiary/aromatic N) is 6. The van der Waals surface area contributed by atoms with Crippen LogP contribution in [-0.2, 0) is 6.18 Å². The van der Waals surface area contributed by atoms with E-state index in [1.54, 1.807) is 97.6 Å². The van der Waals surface area contributed by atoms with Crippen molar-refractivity contribution in [2.45, 2.75) is 6.18 Å². The van der Waals surface area contributed by atoms with E-state index in [1.165, 1.54) is 9.13 Å². The molecule has 0 radical (unpaired) electrons. The summed E-state index contributed by atoms with van der Waals surface area (Å²) >= 11 is 0. The fraction of sp³-hybridized carbons (Fsp3) is 0.0123. The second-order valence-corrected chi connectivity index (χ2v) is 23.0. The molecule has 0 saturated carbocycles. The number of rotatable bonds is 11. The van der Waals surface area contributed by atoms with Gasteiger partial charge in [-0.3, -0.25) is 19.9 Å². The van der Waals surface area contributed by atoms with Crippen LogP contribution in [0.2, 0.25) is 0 Å². The van der Waals surface area contributed by atoms with Gasteiger partial charge in [-0.15, -0.1) is 0 Å². The van der Waals surface area contributed by atoms with E-state index in [4.69, 9.17) is 19.9 Å². The highest BCUT2D eigenvalue weighted by atomic mass is 19.4. The molecular formula is C81H46F8N6. The van der Waals surface area contributed by atoms with Crippen LogP contribution in [0.15, 0.2) is 280 Å². The lowest BCUT2D eigenvalue weighted by molar-refractivity contribution is -0.137. The predicted molar refractivity (Wildman–Crippen MR) is 360 cm³/mol. The van der Waals surface area contributed by atoms with Crippen LogP contribution >= 0.6 is 0 Å². The van der Waals surface area contributed by atoms with Crippen LogP contribution in [0.25, 0.3) is 156 Å². The maximum Gasteiger partial charge on any atom is 0.418 e. The van der Waals surface area contributed by atoms with Gasteiger partial charge in [0.15, 0.2) is 23.3 Å². The Kier molecular flexibility index (Phi) is 14.2. The molecule has 16 rings (SSSR count). The molecule has 6 aromatic heterocycles. The van der Waals surface area contributed by atoms with Gasteiger partial charge in [-0.05, 0) is 107 Å². The Labute approximate surface area is 537 Å². The molecule has 0 amide bonds. The number of hydrogen-bond acceptors (Lipinski definition) is 4. The van der Waals surface area contributed by atoms with Crippen LogP contribution in [0.1, 0.15) is 5.56 Å². The molecular weight excluding hydrogens is 1210 g/mol. The fourth-order valence-corrected chi connectivity index (χ4v) is 13.3. The van der Waals surface area contributed by atoms with Gasteiger partial charge in [0.05, 0.1) is 67.3 Å². The van der Waals surface area contributed by atoms with E-state index in [0.717, 1.165) is 34.4 Å². The molecule has 456 valence electrons. The van der Waals surface area contributed by atoms with Crippen molar-refractivity contribution in [2.75, 3.05) is 0 Å². The molecule has 6 heterocycles. The highest BCUT2D eigenvalue weighted by Gasteiger charge is 2.39. The summed E-state index contributed by atoms with van der Waals surface area (Å²) in [6, 6.07) is 75.6. The number of halogens is 8. The smallest absolute Gasteiger partial charge is 0.309 e. The minimum atomic E-state index is -5.26. The van der Waals surface area contributed by atoms with Crippen molar-refractivity contribution in [1.82, 2.24) is 29.1 Å². The standard InChI is InChI=1S/C81H46F8N6/c82-72-71(73(83)75(85)76(86)74(72)84)63-45-70(95-67-35-31-53(57-27-15-39-92-79(57)49-21-9-3-10-22-49)43-61(67)62-44-54(32-36-68(62)95)58-28-16-40-93-80(58)50-23-11-4-12-24-50)64(81(87,88)89)46-69(63)94-65-33-29-51(55-25-13-37-90-77(55)47-17-5-1-6-18-47)41-59(65)60-42-52(30-34-66(60)94)56-26-14-38-91-78(56)48-19-7-2-8-20-48/h1-46H. The first-order valence-electron chi connectivity index (χ1n) is 30.4. The van der Waals surface area contributed by atoms with E-state index in [1.807, 2.05) is 170 Å². The van der Waals surface area contributed by atoms with Gasteiger partial charge in [-0.1, -0.05) is 170 Å². The summed E-state index contributed by atoms with van der Waals surface area (Å²) < 4.78 is 136. The van der Waals surface area contributed by atoms with Crippen LogP contribution < -0.4 is 0 Å². The molecule has 10 aromatic carbocycles. The maximum absolute atomic E-state index is 17.2. The molecule has 0 atom stereocenters. The zero-order valence-electron chi connectivity index (χ0n) is 49.8. The van der Waals surface area contributed by atoms with Crippen LogP contribution in [0.5, 0.6) is 0 Å². The molecule has 0 saturated heterocycles. The molecule has 0 aliphatic carbocycles. The number of fused-ring (bicyclic) bond motifs is 6. The minimum Gasteiger partial charge on any atom is -0.309 e. The van der Waals surface area contributed by atoms with Crippen molar-refractivity contribution < 1.29 is 35.1 Å². The zero-order chi connectivity index (χ0) is 64.6. The Morgan fingerprint density at radius 2 is 0.537 bits per heavy atom. The third-order valence-corrected chi connectivity index (χ3v) is 17.6. The van der Waals surface area contributed by atoms with Crippen molar-refractivity contribution in [2.24, 2.45) is 0 Å². The van der Waals surface area contributed by atoms with E-state index in [-0.39, 0.29) is 22.1 Å². The second-order valence-electron chi connectivity index (χ2n) is 23.0. The van der Waals surface area contributed by atoms with Crippen molar-refractivity contribution in [3.63, 3.8) is 0 Å². The number of benzene rings is 10. The lowest BCUT2D eigenvalue weighted by Crippen LogP contribution is -2.14. The average Bonchev–Trinajstić information content (AvgIpc) is 1.61. The van der Waals surface area contributed by atoms with E-state index in [9.17, 15) is 0 Å². The van der Waals surface area contributed by atoms with Crippen LogP contribution in [0.4, 0.5) is 35.1 Å². The van der Waals surface area contributed by atoms with Crippen LogP contribution in [0.3, 0.4) is 0 Å². The zero-order valence-corrected chi connectivity index (χ0v) is 49.8. The molecule has 0 N–H and O–H groups in total. The average molecular weight is 1260 g/mol. The molecule has 0 spiro atoms. The van der Waals surface area contributed by atoms with Crippen molar-refractivity contribution >= 4 is 43.6 Å². The monoisotopic (exact) mass is 1250 g/mol.